The number of hydrogen-bond donors (Lipinski definition) is 2. The first-order chi connectivity index (χ1) is 9.72. The first kappa shape index (κ1) is 12.8. The van der Waals surface area contributed by atoms with Crippen LogP contribution in [0.2, 0.25) is 0 Å². The van der Waals surface area contributed by atoms with Crippen molar-refractivity contribution in [1.29, 1.82) is 0 Å². The third kappa shape index (κ3) is 1.99. The molecule has 1 aliphatic heterocycles. The highest BCUT2D eigenvalue weighted by Crippen LogP contribution is 2.44. The number of urea groups is 1. The minimum Gasteiger partial charge on any atom is -0.447 e. The van der Waals surface area contributed by atoms with Gasteiger partial charge in [0.05, 0.1) is 7.05 Å². The van der Waals surface area contributed by atoms with Gasteiger partial charge in [0.2, 0.25) is 9.79 Å². The van der Waals surface area contributed by atoms with E-state index < -0.39 is 11.1 Å². The lowest BCUT2D eigenvalue weighted by Crippen LogP contribution is -2.44. The van der Waals surface area contributed by atoms with Gasteiger partial charge in [0.1, 0.15) is 0 Å². The van der Waals surface area contributed by atoms with E-state index in [0.717, 1.165) is 21.3 Å². The average molecular weight is 288 g/mol. The number of nitrogens with one attached hydrogen (secondary N) is 1. The summed E-state index contributed by atoms with van der Waals surface area (Å²) in [4.78, 5) is 13.8. The van der Waals surface area contributed by atoms with E-state index in [1.165, 1.54) is 0 Å². The Morgan fingerprint density at radius 2 is 1.60 bits per heavy atom. The highest BCUT2D eigenvalue weighted by atomic mass is 32.2. The van der Waals surface area contributed by atoms with E-state index in [4.69, 9.17) is 10.6 Å². The number of fused-ring (bicyclic) bond motifs is 2. The number of para-hydroxylation sites is 2. The fraction of sp³-hybridized carbons (Fsp3) is 0.0714. The smallest absolute Gasteiger partial charge is 0.373 e. The first-order valence-electron chi connectivity index (χ1n) is 6.07. The van der Waals surface area contributed by atoms with Crippen molar-refractivity contribution in [3.63, 3.8) is 0 Å². The number of amides is 2. The van der Waals surface area contributed by atoms with E-state index in [1.807, 2.05) is 48.5 Å². The lowest BCUT2D eigenvalue weighted by molar-refractivity contribution is 0.230. The lowest BCUT2D eigenvalue weighted by atomic mass is 10.3. The summed E-state index contributed by atoms with van der Waals surface area (Å²) in [5.74, 6) is 6.79. The van der Waals surface area contributed by atoms with Gasteiger partial charge in [-0.05, 0) is 12.1 Å². The number of carbonyl (C=O) groups excluding carboxylic acids is 1. The molecule has 0 aromatic heterocycles. The van der Waals surface area contributed by atoms with Crippen LogP contribution in [0.4, 0.5) is 4.79 Å². The summed E-state index contributed by atoms with van der Waals surface area (Å²) in [5, 5.41) is 0. The number of benzene rings is 2. The molecular formula is C14H14N3O2S+. The summed E-state index contributed by atoms with van der Waals surface area (Å²) in [6, 6.07) is 15.1. The van der Waals surface area contributed by atoms with Crippen molar-refractivity contribution in [3.05, 3.63) is 48.5 Å². The maximum atomic E-state index is 11.9. The molecule has 0 radical (unpaired) electrons. The normalized spacial score (nSPS) is 12.9. The maximum Gasteiger partial charge on any atom is 0.373 e. The molecule has 0 saturated heterocycles. The molecule has 3 rings (SSSR count). The molecule has 5 nitrogen and oxygen atoms in total. The zero-order valence-electron chi connectivity index (χ0n) is 10.9. The second-order valence-corrected chi connectivity index (χ2v) is 6.22. The van der Waals surface area contributed by atoms with Crippen LogP contribution in [0.15, 0.2) is 58.3 Å². The summed E-state index contributed by atoms with van der Waals surface area (Å²) in [6.45, 7) is 0. The van der Waals surface area contributed by atoms with Crippen LogP contribution in [-0.2, 0) is 11.1 Å². The fourth-order valence-electron chi connectivity index (χ4n) is 2.09. The van der Waals surface area contributed by atoms with E-state index in [-0.39, 0.29) is 6.03 Å². The molecule has 102 valence electrons. The fourth-order valence-corrected chi connectivity index (χ4v) is 4.16. The van der Waals surface area contributed by atoms with Crippen LogP contribution in [0.3, 0.4) is 0 Å². The molecule has 2 aromatic rings. The van der Waals surface area contributed by atoms with Crippen molar-refractivity contribution in [2.45, 2.75) is 9.79 Å². The van der Waals surface area contributed by atoms with Crippen molar-refractivity contribution < 1.29 is 9.53 Å². The van der Waals surface area contributed by atoms with Gasteiger partial charge in [-0.25, -0.2) is 10.6 Å². The molecule has 0 atom stereocenters. The van der Waals surface area contributed by atoms with E-state index >= 15 is 0 Å². The molecule has 0 fully saturated rings. The average Bonchev–Trinajstić information content (AvgIpc) is 2.51. The van der Waals surface area contributed by atoms with Gasteiger partial charge < -0.3 is 4.74 Å². The Morgan fingerprint density at radius 3 is 2.10 bits per heavy atom. The summed E-state index contributed by atoms with van der Waals surface area (Å²) < 4.78 is 7.49. The molecule has 0 bridgehead atoms. The molecule has 20 heavy (non-hydrogen) atoms. The summed E-state index contributed by atoms with van der Waals surface area (Å²) in [6.07, 6.45) is 0. The molecule has 0 spiro atoms. The molecule has 1 aliphatic rings. The minimum atomic E-state index is -0.553. The van der Waals surface area contributed by atoms with Gasteiger partial charge in [-0.1, -0.05) is 24.3 Å². The minimum absolute atomic E-state index is 0.333. The number of nitrogens with two attached hydrogens (primary N) is 1. The van der Waals surface area contributed by atoms with E-state index in [0.29, 0.717) is 0 Å². The second-order valence-electron chi connectivity index (χ2n) is 4.23. The van der Waals surface area contributed by atoms with Gasteiger partial charge in [-0.3, -0.25) is 5.43 Å². The predicted molar refractivity (Wildman–Crippen MR) is 77.3 cm³/mol. The van der Waals surface area contributed by atoms with Crippen LogP contribution < -0.4 is 16.0 Å². The molecule has 0 aliphatic carbocycles. The molecule has 2 aromatic carbocycles. The Kier molecular flexibility index (Phi) is 3.25. The van der Waals surface area contributed by atoms with Crippen LogP contribution in [-0.4, -0.2) is 17.4 Å². The summed E-state index contributed by atoms with van der Waals surface area (Å²) in [7, 11) is 1.73. The van der Waals surface area contributed by atoms with Gasteiger partial charge in [-0.2, -0.15) is 0 Å². The number of ether oxygens (including phenoxy) is 1. The van der Waals surface area contributed by atoms with Crippen molar-refractivity contribution in [1.82, 2.24) is 9.73 Å². The molecule has 0 unspecified atom stereocenters. The Labute approximate surface area is 119 Å². The van der Waals surface area contributed by atoms with Crippen LogP contribution >= 0.6 is 0 Å². The highest BCUT2D eigenvalue weighted by molar-refractivity contribution is 7.95. The van der Waals surface area contributed by atoms with Gasteiger partial charge in [0.15, 0.2) is 22.6 Å². The zero-order valence-corrected chi connectivity index (χ0v) is 11.7. The molecule has 6 heteroatoms. The van der Waals surface area contributed by atoms with Crippen LogP contribution in [0.1, 0.15) is 0 Å². The van der Waals surface area contributed by atoms with Crippen molar-refractivity contribution in [2.24, 2.45) is 5.84 Å². The van der Waals surface area contributed by atoms with Gasteiger partial charge in [0.25, 0.3) is 0 Å². The van der Waals surface area contributed by atoms with E-state index in [2.05, 4.69) is 5.43 Å². The standard InChI is InChI=1S/C14H13N3O2S/c1-17(14(18)16-15)20-12-8-4-2-6-10(12)19-11-7-3-5-9-13(11)20/h2-9H,15H2,1H3/p+1. The lowest BCUT2D eigenvalue weighted by Gasteiger charge is -2.23. The first-order valence-corrected chi connectivity index (χ1v) is 7.25. The molecule has 0 saturated carbocycles. The number of rotatable bonds is 1. The van der Waals surface area contributed by atoms with Gasteiger partial charge in [0, 0.05) is 12.1 Å². The van der Waals surface area contributed by atoms with Crippen molar-refractivity contribution >= 4 is 17.1 Å². The summed E-state index contributed by atoms with van der Waals surface area (Å²) >= 11 is -0.553. The topological polar surface area (TPSA) is 67.6 Å². The summed E-state index contributed by atoms with van der Waals surface area (Å²) in [5.41, 5.74) is 2.18. The number of nitrogens with zero attached hydrogens (tertiary/aromatic N) is 1. The predicted octanol–water partition coefficient (Wildman–Crippen LogP) is 2.26. The van der Waals surface area contributed by atoms with Crippen molar-refractivity contribution in [2.75, 3.05) is 7.05 Å². The third-order valence-corrected chi connectivity index (χ3v) is 5.24. The second kappa shape index (κ2) is 5.07. The number of carbonyl (C=O) groups is 1. The Balaban J connectivity index is 2.15. The molecule has 3 N–H and O–H groups in total. The zero-order chi connectivity index (χ0) is 14.1. The Morgan fingerprint density at radius 1 is 1.10 bits per heavy atom. The van der Waals surface area contributed by atoms with Crippen LogP contribution in [0.5, 0.6) is 11.5 Å². The third-order valence-electron chi connectivity index (χ3n) is 3.02. The molecular weight excluding hydrogens is 274 g/mol. The van der Waals surface area contributed by atoms with Crippen LogP contribution in [0, 0.1) is 0 Å². The Bertz CT molecular complexity index is 617. The van der Waals surface area contributed by atoms with E-state index in [9.17, 15) is 4.79 Å². The largest absolute Gasteiger partial charge is 0.447 e. The van der Waals surface area contributed by atoms with Crippen LogP contribution in [0.25, 0.3) is 0 Å². The molecule has 2 amide bonds. The maximum absolute atomic E-state index is 11.9. The Hall–Kier alpha value is -2.18. The van der Waals surface area contributed by atoms with Gasteiger partial charge >= 0.3 is 6.03 Å². The number of hydrogen-bond acceptors (Lipinski definition) is 3. The number of hydrazine groups is 1. The molecule has 1 heterocycles. The highest BCUT2D eigenvalue weighted by Gasteiger charge is 2.43. The monoisotopic (exact) mass is 288 g/mol. The van der Waals surface area contributed by atoms with Gasteiger partial charge in [-0.15, -0.1) is 4.31 Å². The SMILES string of the molecule is CN(C(=O)NN)[S+]1c2ccccc2Oc2ccccc21. The van der Waals surface area contributed by atoms with Crippen molar-refractivity contribution in [3.8, 4) is 11.5 Å². The van der Waals surface area contributed by atoms with E-state index in [1.54, 1.807) is 11.4 Å². The quantitative estimate of drug-likeness (QED) is 0.366.